The van der Waals surface area contributed by atoms with Crippen LogP contribution in [0.15, 0.2) is 17.3 Å². The van der Waals surface area contributed by atoms with E-state index in [1.165, 1.54) is 12.4 Å². The summed E-state index contributed by atoms with van der Waals surface area (Å²) in [5, 5.41) is 6.11. The number of nitrogens with one attached hydrogen (secondary N) is 2. The summed E-state index contributed by atoms with van der Waals surface area (Å²) >= 11 is 0. The molecule has 7 nitrogen and oxygen atoms in total. The smallest absolute Gasteiger partial charge is 0.244 e. The Balaban J connectivity index is 2.19. The van der Waals surface area contributed by atoms with Gasteiger partial charge in [-0.25, -0.2) is 13.1 Å². The molecule has 1 aromatic heterocycles. The van der Waals surface area contributed by atoms with E-state index in [9.17, 15) is 8.42 Å². The number of nitrogens with two attached hydrogens (primary N) is 1. The van der Waals surface area contributed by atoms with Crippen molar-refractivity contribution in [3.63, 3.8) is 0 Å². The van der Waals surface area contributed by atoms with Gasteiger partial charge in [-0.3, -0.25) is 5.10 Å². The highest BCUT2D eigenvalue weighted by molar-refractivity contribution is 7.89. The molecule has 8 heteroatoms. The lowest BCUT2D eigenvalue weighted by Crippen LogP contribution is -2.56. The van der Waals surface area contributed by atoms with E-state index in [2.05, 4.69) is 14.9 Å². The minimum absolute atomic E-state index is 0.122. The molecule has 1 aromatic rings. The van der Waals surface area contributed by atoms with Gasteiger partial charge in [0.25, 0.3) is 0 Å². The zero-order valence-electron chi connectivity index (χ0n) is 9.35. The van der Waals surface area contributed by atoms with Gasteiger partial charge in [0.2, 0.25) is 10.0 Å². The van der Waals surface area contributed by atoms with E-state index < -0.39 is 15.6 Å². The van der Waals surface area contributed by atoms with E-state index in [-0.39, 0.29) is 11.4 Å². The Kier molecular flexibility index (Phi) is 3.48. The Morgan fingerprint density at radius 3 is 2.76 bits per heavy atom. The number of H-pyrrole nitrogens is 1. The van der Waals surface area contributed by atoms with Crippen LogP contribution in [0.1, 0.15) is 12.8 Å². The van der Waals surface area contributed by atoms with Crippen LogP contribution >= 0.6 is 0 Å². The fourth-order valence-corrected chi connectivity index (χ4v) is 3.21. The summed E-state index contributed by atoms with van der Waals surface area (Å²) in [5.74, 6) is 0. The number of rotatable bonds is 4. The Hall–Kier alpha value is -0.960. The van der Waals surface area contributed by atoms with Crippen LogP contribution < -0.4 is 10.5 Å². The van der Waals surface area contributed by atoms with Crippen molar-refractivity contribution in [2.75, 3.05) is 19.8 Å². The van der Waals surface area contributed by atoms with Gasteiger partial charge < -0.3 is 10.5 Å². The highest BCUT2D eigenvalue weighted by Crippen LogP contribution is 2.22. The highest BCUT2D eigenvalue weighted by Gasteiger charge is 2.36. The maximum absolute atomic E-state index is 12.1. The predicted octanol–water partition coefficient (Wildman–Crippen LogP) is -0.804. The number of sulfonamides is 1. The summed E-state index contributed by atoms with van der Waals surface area (Å²) in [4.78, 5) is 0.122. The number of aromatic nitrogens is 2. The van der Waals surface area contributed by atoms with Gasteiger partial charge in [0.15, 0.2) is 0 Å². The van der Waals surface area contributed by atoms with E-state index in [1.807, 2.05) is 0 Å². The van der Waals surface area contributed by atoms with Gasteiger partial charge in [-0.05, 0) is 12.8 Å². The molecular formula is C9H16N4O3S. The second-order valence-electron chi connectivity index (χ2n) is 4.14. The van der Waals surface area contributed by atoms with E-state index in [4.69, 9.17) is 10.5 Å². The van der Waals surface area contributed by atoms with Crippen LogP contribution in [0.25, 0.3) is 0 Å². The molecule has 96 valence electrons. The number of nitrogens with zero attached hydrogens (tertiary/aromatic N) is 1. The molecule has 0 atom stereocenters. The van der Waals surface area contributed by atoms with E-state index >= 15 is 0 Å². The van der Waals surface area contributed by atoms with Crippen LogP contribution in [0.4, 0.5) is 0 Å². The van der Waals surface area contributed by atoms with Crippen molar-refractivity contribution >= 4 is 10.0 Å². The molecule has 17 heavy (non-hydrogen) atoms. The Morgan fingerprint density at radius 1 is 1.53 bits per heavy atom. The van der Waals surface area contributed by atoms with E-state index in [0.717, 1.165) is 0 Å². The molecule has 1 saturated heterocycles. The van der Waals surface area contributed by atoms with Crippen molar-refractivity contribution in [1.82, 2.24) is 14.9 Å². The fourth-order valence-electron chi connectivity index (χ4n) is 1.84. The highest BCUT2D eigenvalue weighted by atomic mass is 32.2. The van der Waals surface area contributed by atoms with Crippen molar-refractivity contribution in [1.29, 1.82) is 0 Å². The second kappa shape index (κ2) is 4.73. The van der Waals surface area contributed by atoms with Crippen molar-refractivity contribution in [3.05, 3.63) is 12.4 Å². The average Bonchev–Trinajstić information content (AvgIpc) is 2.84. The van der Waals surface area contributed by atoms with Crippen LogP contribution in [-0.2, 0) is 14.8 Å². The molecule has 4 N–H and O–H groups in total. The quantitative estimate of drug-likeness (QED) is 0.656. The molecule has 2 rings (SSSR count). The monoisotopic (exact) mass is 260 g/mol. The molecule has 0 unspecified atom stereocenters. The number of ether oxygens (including phenoxy) is 1. The zero-order chi connectivity index (χ0) is 12.4. The van der Waals surface area contributed by atoms with Gasteiger partial charge >= 0.3 is 0 Å². The molecular weight excluding hydrogens is 244 g/mol. The summed E-state index contributed by atoms with van der Waals surface area (Å²) < 4.78 is 32.0. The van der Waals surface area contributed by atoms with Gasteiger partial charge in [-0.1, -0.05) is 0 Å². The van der Waals surface area contributed by atoms with Gasteiger partial charge in [-0.15, -0.1) is 0 Å². The first-order chi connectivity index (χ1) is 8.08. The lowest BCUT2D eigenvalue weighted by Gasteiger charge is -2.36. The summed E-state index contributed by atoms with van der Waals surface area (Å²) in [6.07, 6.45) is 3.78. The SMILES string of the molecule is NCC1(NS(=O)(=O)c2cn[nH]c2)CCOCC1. The van der Waals surface area contributed by atoms with Gasteiger partial charge in [0.1, 0.15) is 4.90 Å². The third kappa shape index (κ3) is 2.65. The van der Waals surface area contributed by atoms with Crippen LogP contribution in [0.5, 0.6) is 0 Å². The standard InChI is InChI=1S/C9H16N4O3S/c10-7-9(1-3-16-4-2-9)13-17(14,15)8-5-11-12-6-8/h5-6,13H,1-4,7,10H2,(H,11,12). The predicted molar refractivity (Wildman–Crippen MR) is 60.7 cm³/mol. The van der Waals surface area contributed by atoms with Crippen LogP contribution in [0.3, 0.4) is 0 Å². The van der Waals surface area contributed by atoms with E-state index in [1.54, 1.807) is 0 Å². The molecule has 1 aliphatic rings. The van der Waals surface area contributed by atoms with Crippen molar-refractivity contribution in [3.8, 4) is 0 Å². The topological polar surface area (TPSA) is 110 Å². The second-order valence-corrected chi connectivity index (χ2v) is 5.82. The van der Waals surface area contributed by atoms with Crippen molar-refractivity contribution in [2.45, 2.75) is 23.3 Å². The molecule has 0 aliphatic carbocycles. The van der Waals surface area contributed by atoms with E-state index in [0.29, 0.717) is 26.1 Å². The first kappa shape index (κ1) is 12.5. The number of hydrogen-bond donors (Lipinski definition) is 3. The molecule has 0 aromatic carbocycles. The first-order valence-corrected chi connectivity index (χ1v) is 6.87. The summed E-state index contributed by atoms with van der Waals surface area (Å²) in [7, 11) is -3.57. The maximum Gasteiger partial charge on any atom is 0.244 e. The van der Waals surface area contributed by atoms with Gasteiger partial charge in [0.05, 0.1) is 6.20 Å². The molecule has 2 heterocycles. The maximum atomic E-state index is 12.1. The van der Waals surface area contributed by atoms with Gasteiger partial charge in [-0.2, -0.15) is 5.10 Å². The van der Waals surface area contributed by atoms with Crippen molar-refractivity contribution < 1.29 is 13.2 Å². The normalized spacial score (nSPS) is 20.3. The minimum Gasteiger partial charge on any atom is -0.381 e. The Labute approximate surface area is 99.8 Å². The minimum atomic E-state index is -3.57. The van der Waals surface area contributed by atoms with Crippen LogP contribution in [-0.4, -0.2) is 43.9 Å². The Bertz CT molecular complexity index is 451. The lowest BCUT2D eigenvalue weighted by atomic mass is 9.92. The molecule has 0 saturated carbocycles. The van der Waals surface area contributed by atoms with Crippen LogP contribution in [0, 0.1) is 0 Å². The number of hydrogen-bond acceptors (Lipinski definition) is 5. The third-order valence-electron chi connectivity index (χ3n) is 2.97. The van der Waals surface area contributed by atoms with Crippen LogP contribution in [0.2, 0.25) is 0 Å². The fraction of sp³-hybridized carbons (Fsp3) is 0.667. The molecule has 0 radical (unpaired) electrons. The zero-order valence-corrected chi connectivity index (χ0v) is 10.2. The molecule has 1 aliphatic heterocycles. The largest absolute Gasteiger partial charge is 0.381 e. The summed E-state index contributed by atoms with van der Waals surface area (Å²) in [5.41, 5.74) is 5.09. The Morgan fingerprint density at radius 2 is 2.24 bits per heavy atom. The average molecular weight is 260 g/mol. The van der Waals surface area contributed by atoms with Crippen molar-refractivity contribution in [2.24, 2.45) is 5.73 Å². The molecule has 0 amide bonds. The molecule has 0 spiro atoms. The lowest BCUT2D eigenvalue weighted by molar-refractivity contribution is 0.0502. The third-order valence-corrected chi connectivity index (χ3v) is 4.52. The van der Waals surface area contributed by atoms with Gasteiger partial charge in [0, 0.05) is 31.5 Å². The summed E-state index contributed by atoms with van der Waals surface area (Å²) in [6, 6.07) is 0. The molecule has 0 bridgehead atoms. The summed E-state index contributed by atoms with van der Waals surface area (Å²) in [6.45, 7) is 1.30. The number of aromatic amines is 1. The first-order valence-electron chi connectivity index (χ1n) is 5.39. The molecule has 1 fully saturated rings.